The van der Waals surface area contributed by atoms with Crippen molar-refractivity contribution in [1.29, 1.82) is 0 Å². The molecule has 1 aromatic heterocycles. The lowest BCUT2D eigenvalue weighted by atomic mass is 10.4. The van der Waals surface area contributed by atoms with Gasteiger partial charge in [0.25, 0.3) is 0 Å². The Labute approximate surface area is 103 Å². The van der Waals surface area contributed by atoms with E-state index >= 15 is 0 Å². The molecule has 1 saturated carbocycles. The number of rotatable bonds is 9. The van der Waals surface area contributed by atoms with Crippen LogP contribution in [0.15, 0.2) is 12.3 Å². The van der Waals surface area contributed by atoms with Crippen LogP contribution < -0.4 is 5.32 Å². The molecule has 0 unspecified atom stereocenters. The van der Waals surface area contributed by atoms with Gasteiger partial charge in [0.2, 0.25) is 0 Å². The van der Waals surface area contributed by atoms with E-state index in [0.717, 1.165) is 45.2 Å². The Balaban J connectivity index is 1.47. The Hall–Kier alpha value is -0.870. The van der Waals surface area contributed by atoms with Crippen molar-refractivity contribution in [3.63, 3.8) is 0 Å². The van der Waals surface area contributed by atoms with Crippen molar-refractivity contribution >= 4 is 0 Å². The van der Waals surface area contributed by atoms with Crippen LogP contribution >= 0.6 is 0 Å². The van der Waals surface area contributed by atoms with Gasteiger partial charge in [0.1, 0.15) is 0 Å². The largest absolute Gasteiger partial charge is 0.381 e. The molecule has 4 nitrogen and oxygen atoms in total. The van der Waals surface area contributed by atoms with Crippen LogP contribution in [-0.2, 0) is 17.8 Å². The molecule has 1 aliphatic carbocycles. The lowest BCUT2D eigenvalue weighted by molar-refractivity contribution is 0.122. The van der Waals surface area contributed by atoms with Crippen LogP contribution in [0.1, 0.15) is 31.9 Å². The molecule has 0 atom stereocenters. The normalized spacial score (nSPS) is 15.4. The van der Waals surface area contributed by atoms with Crippen molar-refractivity contribution in [1.82, 2.24) is 15.1 Å². The van der Waals surface area contributed by atoms with Crippen molar-refractivity contribution in [3.8, 4) is 0 Å². The summed E-state index contributed by atoms with van der Waals surface area (Å²) in [6.45, 7) is 6.83. The SMILES string of the molecule is CCn1nccc1CNCCCOCC1CC1. The average Bonchev–Trinajstić information content (AvgIpc) is 3.05. The molecule has 1 fully saturated rings. The molecule has 2 rings (SSSR count). The smallest absolute Gasteiger partial charge is 0.0521 e. The van der Waals surface area contributed by atoms with Gasteiger partial charge < -0.3 is 10.1 Å². The van der Waals surface area contributed by atoms with Crippen LogP contribution in [0.3, 0.4) is 0 Å². The minimum absolute atomic E-state index is 0.877. The maximum atomic E-state index is 5.58. The highest BCUT2D eigenvalue weighted by molar-refractivity contribution is 4.99. The second kappa shape index (κ2) is 6.77. The molecule has 0 aromatic carbocycles. The van der Waals surface area contributed by atoms with Crippen LogP contribution in [0.5, 0.6) is 0 Å². The number of aryl methyl sites for hydroxylation is 1. The Kier molecular flexibility index (Phi) is 5.01. The van der Waals surface area contributed by atoms with Gasteiger partial charge in [-0.1, -0.05) is 0 Å². The molecule has 1 N–H and O–H groups in total. The van der Waals surface area contributed by atoms with E-state index in [0.29, 0.717) is 0 Å². The van der Waals surface area contributed by atoms with E-state index in [-0.39, 0.29) is 0 Å². The number of ether oxygens (including phenoxy) is 1. The van der Waals surface area contributed by atoms with E-state index in [9.17, 15) is 0 Å². The molecule has 17 heavy (non-hydrogen) atoms. The summed E-state index contributed by atoms with van der Waals surface area (Å²) in [7, 11) is 0. The molecule has 1 aromatic rings. The van der Waals surface area contributed by atoms with Gasteiger partial charge in [-0.15, -0.1) is 0 Å². The molecular weight excluding hydrogens is 214 g/mol. The fourth-order valence-corrected chi connectivity index (χ4v) is 1.85. The average molecular weight is 237 g/mol. The Morgan fingerprint density at radius 3 is 3.18 bits per heavy atom. The first-order chi connectivity index (χ1) is 8.40. The number of aromatic nitrogens is 2. The van der Waals surface area contributed by atoms with Crippen LogP contribution in [0.2, 0.25) is 0 Å². The molecule has 0 aliphatic heterocycles. The fraction of sp³-hybridized carbons (Fsp3) is 0.769. The lowest BCUT2D eigenvalue weighted by Crippen LogP contribution is -2.19. The van der Waals surface area contributed by atoms with Crippen molar-refractivity contribution in [2.24, 2.45) is 5.92 Å². The molecule has 96 valence electrons. The standard InChI is InChI=1S/C13H23N3O/c1-2-16-13(6-8-15-16)10-14-7-3-9-17-11-12-4-5-12/h6,8,12,14H,2-5,7,9-11H2,1H3. The number of hydrogen-bond donors (Lipinski definition) is 1. The van der Waals surface area contributed by atoms with Gasteiger partial charge in [-0.25, -0.2) is 0 Å². The zero-order chi connectivity index (χ0) is 11.9. The molecule has 0 radical (unpaired) electrons. The summed E-state index contributed by atoms with van der Waals surface area (Å²) in [4.78, 5) is 0. The molecule has 1 aliphatic rings. The number of nitrogens with zero attached hydrogens (tertiary/aromatic N) is 2. The van der Waals surface area contributed by atoms with Gasteiger partial charge in [-0.05, 0) is 44.7 Å². The van der Waals surface area contributed by atoms with Crippen LogP contribution in [-0.4, -0.2) is 29.5 Å². The zero-order valence-corrected chi connectivity index (χ0v) is 10.7. The summed E-state index contributed by atoms with van der Waals surface area (Å²) in [5.74, 6) is 0.877. The molecular formula is C13H23N3O. The zero-order valence-electron chi connectivity index (χ0n) is 10.7. The van der Waals surface area contributed by atoms with Gasteiger partial charge in [-0.3, -0.25) is 4.68 Å². The highest BCUT2D eigenvalue weighted by Crippen LogP contribution is 2.28. The maximum Gasteiger partial charge on any atom is 0.0521 e. The van der Waals surface area contributed by atoms with E-state index in [4.69, 9.17) is 4.74 Å². The van der Waals surface area contributed by atoms with Crippen molar-refractivity contribution in [3.05, 3.63) is 18.0 Å². The highest BCUT2D eigenvalue weighted by Gasteiger charge is 2.20. The Morgan fingerprint density at radius 2 is 2.41 bits per heavy atom. The summed E-state index contributed by atoms with van der Waals surface area (Å²) >= 11 is 0. The van der Waals surface area contributed by atoms with E-state index in [1.54, 1.807) is 0 Å². The summed E-state index contributed by atoms with van der Waals surface area (Å²) in [6, 6.07) is 2.07. The first-order valence-electron chi connectivity index (χ1n) is 6.69. The van der Waals surface area contributed by atoms with Crippen LogP contribution in [0.25, 0.3) is 0 Å². The third-order valence-electron chi connectivity index (χ3n) is 3.10. The molecule has 0 spiro atoms. The predicted molar refractivity (Wildman–Crippen MR) is 67.8 cm³/mol. The minimum atomic E-state index is 0.877. The minimum Gasteiger partial charge on any atom is -0.381 e. The second-order valence-electron chi connectivity index (χ2n) is 4.69. The molecule has 4 heteroatoms. The first-order valence-corrected chi connectivity index (χ1v) is 6.69. The van der Waals surface area contributed by atoms with E-state index in [2.05, 4.69) is 23.4 Å². The summed E-state index contributed by atoms with van der Waals surface area (Å²) < 4.78 is 7.61. The molecule has 0 saturated heterocycles. The number of hydrogen-bond acceptors (Lipinski definition) is 3. The van der Waals surface area contributed by atoms with Crippen LogP contribution in [0.4, 0.5) is 0 Å². The molecule has 0 bridgehead atoms. The summed E-state index contributed by atoms with van der Waals surface area (Å²) in [5, 5.41) is 7.67. The third kappa shape index (κ3) is 4.48. The maximum absolute atomic E-state index is 5.58. The van der Waals surface area contributed by atoms with Crippen LogP contribution in [0, 0.1) is 5.92 Å². The van der Waals surface area contributed by atoms with Crippen molar-refractivity contribution < 1.29 is 4.74 Å². The van der Waals surface area contributed by atoms with Gasteiger partial charge in [0.15, 0.2) is 0 Å². The van der Waals surface area contributed by atoms with Gasteiger partial charge in [0.05, 0.1) is 5.69 Å². The van der Waals surface area contributed by atoms with Crippen molar-refractivity contribution in [2.75, 3.05) is 19.8 Å². The van der Waals surface area contributed by atoms with Gasteiger partial charge in [-0.2, -0.15) is 5.10 Å². The summed E-state index contributed by atoms with van der Waals surface area (Å²) in [6.07, 6.45) is 5.70. The van der Waals surface area contributed by atoms with E-state index < -0.39 is 0 Å². The predicted octanol–water partition coefficient (Wildman–Crippen LogP) is 1.81. The monoisotopic (exact) mass is 237 g/mol. The fourth-order valence-electron chi connectivity index (χ4n) is 1.85. The van der Waals surface area contributed by atoms with E-state index in [1.165, 1.54) is 18.5 Å². The lowest BCUT2D eigenvalue weighted by Gasteiger charge is -2.07. The quantitative estimate of drug-likeness (QED) is 0.666. The third-order valence-corrected chi connectivity index (χ3v) is 3.10. The molecule has 0 amide bonds. The Morgan fingerprint density at radius 1 is 1.53 bits per heavy atom. The van der Waals surface area contributed by atoms with Gasteiger partial charge >= 0.3 is 0 Å². The topological polar surface area (TPSA) is 39.1 Å². The first kappa shape index (κ1) is 12.6. The number of nitrogens with one attached hydrogen (secondary N) is 1. The van der Waals surface area contributed by atoms with Gasteiger partial charge in [0, 0.05) is 32.5 Å². The van der Waals surface area contributed by atoms with Crippen molar-refractivity contribution in [2.45, 2.75) is 39.3 Å². The molecule has 1 heterocycles. The highest BCUT2D eigenvalue weighted by atomic mass is 16.5. The Bertz CT molecular complexity index is 320. The van der Waals surface area contributed by atoms with E-state index in [1.807, 2.05) is 10.9 Å². The second-order valence-corrected chi connectivity index (χ2v) is 4.69. The summed E-state index contributed by atoms with van der Waals surface area (Å²) in [5.41, 5.74) is 1.26.